The topological polar surface area (TPSA) is 88.2 Å². The van der Waals surface area contributed by atoms with E-state index >= 15 is 0 Å². The Kier molecular flexibility index (Phi) is 5.32. The van der Waals surface area contributed by atoms with E-state index in [1.54, 1.807) is 0 Å². The molecular formula is C18H12F3N3O3S. The summed E-state index contributed by atoms with van der Waals surface area (Å²) in [5.74, 6) is -4.32. The molecule has 10 heteroatoms. The Hall–Kier alpha value is -3.40. The highest BCUT2D eigenvalue weighted by Crippen LogP contribution is 2.20. The van der Waals surface area contributed by atoms with Gasteiger partial charge in [-0.15, -0.1) is 0 Å². The van der Waals surface area contributed by atoms with E-state index in [0.717, 1.165) is 36.4 Å². The largest absolute Gasteiger partial charge is 0.322 e. The zero-order chi connectivity index (χ0) is 20.3. The van der Waals surface area contributed by atoms with Gasteiger partial charge >= 0.3 is 0 Å². The smallest absolute Gasteiger partial charge is 0.261 e. The van der Waals surface area contributed by atoms with Crippen LogP contribution in [0.15, 0.2) is 65.8 Å². The second-order valence-electron chi connectivity index (χ2n) is 5.57. The van der Waals surface area contributed by atoms with Crippen LogP contribution in [0.1, 0.15) is 10.4 Å². The van der Waals surface area contributed by atoms with Gasteiger partial charge in [-0.2, -0.15) is 0 Å². The van der Waals surface area contributed by atoms with Crippen LogP contribution in [0.25, 0.3) is 0 Å². The number of rotatable bonds is 5. The molecule has 0 radical (unpaired) electrons. The van der Waals surface area contributed by atoms with Gasteiger partial charge in [0, 0.05) is 24.1 Å². The van der Waals surface area contributed by atoms with Crippen molar-refractivity contribution in [1.29, 1.82) is 0 Å². The van der Waals surface area contributed by atoms with Crippen LogP contribution in [-0.2, 0) is 10.0 Å². The van der Waals surface area contributed by atoms with E-state index in [2.05, 4.69) is 15.0 Å². The summed E-state index contributed by atoms with van der Waals surface area (Å²) in [5, 5.41) is 2.19. The molecule has 3 aromatic rings. The molecule has 1 amide bonds. The summed E-state index contributed by atoms with van der Waals surface area (Å²) in [6, 6.07) is 8.08. The van der Waals surface area contributed by atoms with E-state index in [1.807, 2.05) is 0 Å². The van der Waals surface area contributed by atoms with Crippen LogP contribution in [0.5, 0.6) is 0 Å². The number of carbonyl (C=O) groups excluding carboxylic acids is 1. The van der Waals surface area contributed by atoms with Crippen LogP contribution in [0, 0.1) is 17.5 Å². The Morgan fingerprint density at radius 2 is 1.50 bits per heavy atom. The lowest BCUT2D eigenvalue weighted by Gasteiger charge is -2.11. The molecule has 0 atom stereocenters. The van der Waals surface area contributed by atoms with Crippen LogP contribution >= 0.6 is 0 Å². The molecular weight excluding hydrogens is 395 g/mol. The quantitative estimate of drug-likeness (QED) is 0.677. The number of carbonyl (C=O) groups is 1. The molecule has 0 saturated heterocycles. The highest BCUT2D eigenvalue weighted by atomic mass is 32.2. The van der Waals surface area contributed by atoms with E-state index in [1.165, 1.54) is 24.5 Å². The van der Waals surface area contributed by atoms with Crippen molar-refractivity contribution in [2.75, 3.05) is 10.0 Å². The lowest BCUT2D eigenvalue weighted by atomic mass is 10.2. The number of nitrogens with one attached hydrogen (secondary N) is 2. The highest BCUT2D eigenvalue weighted by molar-refractivity contribution is 7.92. The lowest BCUT2D eigenvalue weighted by Crippen LogP contribution is -2.17. The number of amides is 1. The molecule has 6 nitrogen and oxygen atoms in total. The molecule has 0 aliphatic carbocycles. The summed E-state index contributed by atoms with van der Waals surface area (Å²) in [5.41, 5.74) is -0.471. The standard InChI is InChI=1S/C18H12F3N3O3S/c19-15-4-2-13(28(26,27)24-11-5-7-22-8-6-11)10-14(15)18(25)23-12-1-3-16(20)17(21)9-12/h1-10H,(H,22,24)(H,23,25). The van der Waals surface area contributed by atoms with Gasteiger partial charge in [0.25, 0.3) is 15.9 Å². The molecule has 1 heterocycles. The molecule has 3 rings (SSSR count). The van der Waals surface area contributed by atoms with Crippen LogP contribution in [0.4, 0.5) is 24.5 Å². The number of aromatic nitrogens is 1. The van der Waals surface area contributed by atoms with Crippen molar-refractivity contribution in [3.05, 3.63) is 83.9 Å². The molecule has 0 bridgehead atoms. The summed E-state index contributed by atoms with van der Waals surface area (Å²) in [6.07, 6.45) is 2.76. The Bertz CT molecular complexity index is 1140. The van der Waals surface area contributed by atoms with Crippen molar-refractivity contribution in [3.8, 4) is 0 Å². The fraction of sp³-hybridized carbons (Fsp3) is 0. The van der Waals surface area contributed by atoms with Gasteiger partial charge < -0.3 is 5.32 Å². The first-order valence-corrected chi connectivity index (χ1v) is 9.23. The number of benzene rings is 2. The summed E-state index contributed by atoms with van der Waals surface area (Å²) in [6.45, 7) is 0. The molecule has 28 heavy (non-hydrogen) atoms. The minimum absolute atomic E-state index is 0.119. The van der Waals surface area contributed by atoms with Gasteiger partial charge in [0.05, 0.1) is 16.1 Å². The van der Waals surface area contributed by atoms with E-state index in [-0.39, 0.29) is 16.3 Å². The van der Waals surface area contributed by atoms with Gasteiger partial charge in [0.1, 0.15) is 5.82 Å². The Morgan fingerprint density at radius 1 is 0.821 bits per heavy atom. The number of pyridine rings is 1. The maximum Gasteiger partial charge on any atom is 0.261 e. The number of anilines is 2. The minimum atomic E-state index is -4.11. The molecule has 2 N–H and O–H groups in total. The van der Waals surface area contributed by atoms with Crippen LogP contribution in [0.2, 0.25) is 0 Å². The molecule has 1 aromatic heterocycles. The molecule has 144 valence electrons. The molecule has 0 spiro atoms. The van der Waals surface area contributed by atoms with Gasteiger partial charge in [-0.3, -0.25) is 14.5 Å². The van der Waals surface area contributed by atoms with Gasteiger partial charge in [-0.1, -0.05) is 0 Å². The SMILES string of the molecule is O=C(Nc1ccc(F)c(F)c1)c1cc(S(=O)(=O)Nc2ccncc2)ccc1F. The number of hydrogen-bond donors (Lipinski definition) is 2. The first kappa shape index (κ1) is 19.4. The van der Waals surface area contributed by atoms with Crippen molar-refractivity contribution in [2.45, 2.75) is 4.90 Å². The first-order chi connectivity index (χ1) is 13.3. The minimum Gasteiger partial charge on any atom is -0.322 e. The summed E-state index contributed by atoms with van der Waals surface area (Å²) in [4.78, 5) is 15.7. The molecule has 0 unspecified atom stereocenters. The zero-order valence-electron chi connectivity index (χ0n) is 14.0. The second-order valence-corrected chi connectivity index (χ2v) is 7.25. The molecule has 0 fully saturated rings. The predicted octanol–water partition coefficient (Wildman–Crippen LogP) is 3.55. The maximum absolute atomic E-state index is 14.1. The fourth-order valence-corrected chi connectivity index (χ4v) is 3.34. The van der Waals surface area contributed by atoms with Gasteiger partial charge in [-0.05, 0) is 42.5 Å². The van der Waals surface area contributed by atoms with Gasteiger partial charge in [0.15, 0.2) is 11.6 Å². The maximum atomic E-state index is 14.1. The van der Waals surface area contributed by atoms with Crippen molar-refractivity contribution in [1.82, 2.24) is 4.98 Å². The Labute approximate surface area is 158 Å². The van der Waals surface area contributed by atoms with Crippen LogP contribution in [0.3, 0.4) is 0 Å². The average Bonchev–Trinajstić information content (AvgIpc) is 2.65. The molecule has 2 aromatic carbocycles. The summed E-state index contributed by atoms with van der Waals surface area (Å²) < 4.78 is 67.4. The van der Waals surface area contributed by atoms with E-state index in [0.29, 0.717) is 0 Å². The van der Waals surface area contributed by atoms with Gasteiger partial charge in [-0.25, -0.2) is 21.6 Å². The summed E-state index contributed by atoms with van der Waals surface area (Å²) >= 11 is 0. The fourth-order valence-electron chi connectivity index (χ4n) is 2.25. The van der Waals surface area contributed by atoms with E-state index < -0.39 is 38.9 Å². The highest BCUT2D eigenvalue weighted by Gasteiger charge is 2.20. The molecule has 0 aliphatic heterocycles. The van der Waals surface area contributed by atoms with Crippen molar-refractivity contribution in [2.24, 2.45) is 0 Å². The molecule has 0 aliphatic rings. The zero-order valence-corrected chi connectivity index (χ0v) is 14.8. The number of nitrogens with zero attached hydrogens (tertiary/aromatic N) is 1. The average molecular weight is 407 g/mol. The number of halogens is 3. The number of sulfonamides is 1. The monoisotopic (exact) mass is 407 g/mol. The van der Waals surface area contributed by atoms with Crippen LogP contribution < -0.4 is 10.0 Å². The van der Waals surface area contributed by atoms with Crippen molar-refractivity contribution < 1.29 is 26.4 Å². The summed E-state index contributed by atoms with van der Waals surface area (Å²) in [7, 11) is -4.11. The third-order valence-corrected chi connectivity index (χ3v) is 4.98. The van der Waals surface area contributed by atoms with Gasteiger partial charge in [0.2, 0.25) is 0 Å². The van der Waals surface area contributed by atoms with Crippen LogP contribution in [-0.4, -0.2) is 19.3 Å². The number of hydrogen-bond acceptors (Lipinski definition) is 4. The van der Waals surface area contributed by atoms with Crippen molar-refractivity contribution in [3.63, 3.8) is 0 Å². The Morgan fingerprint density at radius 3 is 2.18 bits per heavy atom. The molecule has 0 saturated carbocycles. The van der Waals surface area contributed by atoms with Crippen molar-refractivity contribution >= 4 is 27.3 Å². The lowest BCUT2D eigenvalue weighted by molar-refractivity contribution is 0.102. The Balaban J connectivity index is 1.88. The second kappa shape index (κ2) is 7.69. The first-order valence-electron chi connectivity index (χ1n) is 7.75. The normalized spacial score (nSPS) is 11.1. The van der Waals surface area contributed by atoms with E-state index in [4.69, 9.17) is 0 Å². The third-order valence-electron chi connectivity index (χ3n) is 3.60. The van der Waals surface area contributed by atoms with E-state index in [9.17, 15) is 26.4 Å². The predicted molar refractivity (Wildman–Crippen MR) is 95.8 cm³/mol. The third kappa shape index (κ3) is 4.29.